The molecule has 8 heteroatoms. The Morgan fingerprint density at radius 2 is 2.05 bits per heavy atom. The summed E-state index contributed by atoms with van der Waals surface area (Å²) in [4.78, 5) is 15.0. The Kier molecular flexibility index (Phi) is 4.15. The van der Waals surface area contributed by atoms with E-state index in [9.17, 15) is 18.0 Å². The molecule has 2 aromatic rings. The third-order valence-corrected chi connectivity index (χ3v) is 3.54. The number of carbonyl (C=O) groups excluding carboxylic acids is 1. The third-order valence-electron chi connectivity index (χ3n) is 2.49. The summed E-state index contributed by atoms with van der Waals surface area (Å²) in [6, 6.07) is 7.40. The first-order valence-electron chi connectivity index (χ1n) is 5.51. The summed E-state index contributed by atoms with van der Waals surface area (Å²) >= 11 is 0.981. The maximum atomic E-state index is 12.8. The average Bonchev–Trinajstić information content (AvgIpc) is 2.43. The van der Waals surface area contributed by atoms with Gasteiger partial charge in [0.25, 0.3) is 0 Å². The summed E-state index contributed by atoms with van der Waals surface area (Å²) < 4.78 is 38.4. The quantitative estimate of drug-likeness (QED) is 0.395. The molecule has 106 valence electrons. The Morgan fingerprint density at radius 1 is 1.35 bits per heavy atom. The van der Waals surface area contributed by atoms with E-state index in [1.54, 1.807) is 18.2 Å². The van der Waals surface area contributed by atoms with E-state index in [1.165, 1.54) is 6.07 Å². The molecule has 0 spiro atoms. The van der Waals surface area contributed by atoms with E-state index in [0.717, 1.165) is 17.8 Å². The zero-order valence-electron chi connectivity index (χ0n) is 10.1. The molecule has 20 heavy (non-hydrogen) atoms. The second-order valence-electron chi connectivity index (χ2n) is 3.88. The molecular weight excluding hydrogens is 291 g/mol. The number of fused-ring (bicyclic) bond motifs is 1. The fourth-order valence-corrected chi connectivity index (χ4v) is 2.49. The fourth-order valence-electron chi connectivity index (χ4n) is 1.59. The van der Waals surface area contributed by atoms with E-state index in [1.807, 2.05) is 5.43 Å². The summed E-state index contributed by atoms with van der Waals surface area (Å²) in [6.07, 6.45) is -4.53. The Morgan fingerprint density at radius 3 is 2.70 bits per heavy atom. The van der Waals surface area contributed by atoms with E-state index >= 15 is 0 Å². The number of amides is 1. The maximum absolute atomic E-state index is 12.8. The van der Waals surface area contributed by atoms with Crippen molar-refractivity contribution in [2.75, 3.05) is 5.75 Å². The first-order chi connectivity index (χ1) is 9.41. The molecule has 2 rings (SSSR count). The van der Waals surface area contributed by atoms with E-state index in [4.69, 9.17) is 5.84 Å². The van der Waals surface area contributed by atoms with Gasteiger partial charge in [-0.3, -0.25) is 10.2 Å². The highest BCUT2D eigenvalue weighted by Gasteiger charge is 2.33. The monoisotopic (exact) mass is 301 g/mol. The molecule has 3 N–H and O–H groups in total. The molecule has 0 saturated heterocycles. The van der Waals surface area contributed by atoms with Gasteiger partial charge in [-0.25, -0.2) is 10.8 Å². The molecule has 0 aliphatic carbocycles. The van der Waals surface area contributed by atoms with Gasteiger partial charge in [-0.2, -0.15) is 13.2 Å². The average molecular weight is 301 g/mol. The van der Waals surface area contributed by atoms with E-state index in [0.29, 0.717) is 10.3 Å². The van der Waals surface area contributed by atoms with Gasteiger partial charge in [-0.05, 0) is 12.1 Å². The Labute approximate surface area is 116 Å². The predicted octanol–water partition coefficient (Wildman–Crippen LogP) is 2.34. The van der Waals surface area contributed by atoms with Crippen LogP contribution in [0.15, 0.2) is 35.2 Å². The Balaban J connectivity index is 2.47. The van der Waals surface area contributed by atoms with Gasteiger partial charge < -0.3 is 0 Å². The number of aromatic nitrogens is 1. The number of nitrogens with zero attached hydrogens (tertiary/aromatic N) is 1. The van der Waals surface area contributed by atoms with Crippen molar-refractivity contribution in [1.29, 1.82) is 0 Å². The van der Waals surface area contributed by atoms with Crippen LogP contribution < -0.4 is 11.3 Å². The maximum Gasteiger partial charge on any atom is 0.433 e. The highest BCUT2D eigenvalue weighted by atomic mass is 32.2. The lowest BCUT2D eigenvalue weighted by Gasteiger charge is -2.11. The van der Waals surface area contributed by atoms with Gasteiger partial charge in [-0.1, -0.05) is 18.2 Å². The number of alkyl halides is 3. The van der Waals surface area contributed by atoms with Crippen molar-refractivity contribution in [1.82, 2.24) is 10.4 Å². The van der Waals surface area contributed by atoms with Crippen molar-refractivity contribution in [3.05, 3.63) is 36.0 Å². The zero-order chi connectivity index (χ0) is 14.8. The van der Waals surface area contributed by atoms with Crippen LogP contribution in [0.3, 0.4) is 0 Å². The molecule has 1 aromatic carbocycles. The molecule has 0 unspecified atom stereocenters. The molecule has 0 saturated carbocycles. The lowest BCUT2D eigenvalue weighted by atomic mass is 10.2. The number of hydrazine groups is 1. The fraction of sp³-hybridized carbons (Fsp3) is 0.167. The molecule has 1 heterocycles. The minimum absolute atomic E-state index is 0.0677. The van der Waals surface area contributed by atoms with Crippen molar-refractivity contribution < 1.29 is 18.0 Å². The SMILES string of the molecule is NNC(=O)CSc1cc(C(F)(F)F)nc2ccccc12. The van der Waals surface area contributed by atoms with Gasteiger partial charge in [-0.15, -0.1) is 11.8 Å². The van der Waals surface area contributed by atoms with Crippen molar-refractivity contribution >= 4 is 28.6 Å². The first kappa shape index (κ1) is 14.6. The molecule has 0 fully saturated rings. The number of pyridine rings is 1. The highest BCUT2D eigenvalue weighted by Crippen LogP contribution is 2.34. The van der Waals surface area contributed by atoms with Gasteiger partial charge in [0.2, 0.25) is 5.91 Å². The van der Waals surface area contributed by atoms with Crippen LogP contribution in [0.25, 0.3) is 10.9 Å². The minimum atomic E-state index is -4.53. The smallest absolute Gasteiger partial charge is 0.294 e. The van der Waals surface area contributed by atoms with Gasteiger partial charge in [0.05, 0.1) is 11.3 Å². The highest BCUT2D eigenvalue weighted by molar-refractivity contribution is 8.00. The van der Waals surface area contributed by atoms with Gasteiger partial charge in [0.1, 0.15) is 5.69 Å². The zero-order valence-corrected chi connectivity index (χ0v) is 10.9. The molecular formula is C12H10F3N3OS. The first-order valence-corrected chi connectivity index (χ1v) is 6.49. The van der Waals surface area contributed by atoms with E-state index < -0.39 is 17.8 Å². The molecule has 0 aliphatic heterocycles. The van der Waals surface area contributed by atoms with Crippen LogP contribution >= 0.6 is 11.8 Å². The summed E-state index contributed by atoms with van der Waals surface area (Å²) in [5.74, 6) is 4.41. The van der Waals surface area contributed by atoms with E-state index in [-0.39, 0.29) is 11.3 Å². The number of carbonyl (C=O) groups is 1. The number of nitrogens with two attached hydrogens (primary N) is 1. The van der Waals surface area contributed by atoms with Crippen LogP contribution in [0, 0.1) is 0 Å². The summed E-state index contributed by atoms with van der Waals surface area (Å²) in [6.45, 7) is 0. The summed E-state index contributed by atoms with van der Waals surface area (Å²) in [7, 11) is 0. The summed E-state index contributed by atoms with van der Waals surface area (Å²) in [5, 5.41) is 0.565. The number of hydrogen-bond donors (Lipinski definition) is 2. The van der Waals surface area contributed by atoms with Crippen LogP contribution in [0.4, 0.5) is 13.2 Å². The number of benzene rings is 1. The Bertz CT molecular complexity index is 645. The molecule has 0 atom stereocenters. The topological polar surface area (TPSA) is 68.0 Å². The second-order valence-corrected chi connectivity index (χ2v) is 4.89. The Hall–Kier alpha value is -1.80. The van der Waals surface area contributed by atoms with Crippen LogP contribution in [-0.4, -0.2) is 16.6 Å². The molecule has 0 bridgehead atoms. The normalized spacial score (nSPS) is 11.6. The predicted molar refractivity (Wildman–Crippen MR) is 69.8 cm³/mol. The van der Waals surface area contributed by atoms with Crippen LogP contribution in [0.1, 0.15) is 5.69 Å². The van der Waals surface area contributed by atoms with Crippen molar-refractivity contribution in [2.45, 2.75) is 11.1 Å². The molecule has 0 aliphatic rings. The number of halogens is 3. The molecule has 0 radical (unpaired) electrons. The lowest BCUT2D eigenvalue weighted by molar-refractivity contribution is -0.141. The lowest BCUT2D eigenvalue weighted by Crippen LogP contribution is -2.31. The summed E-state index contributed by atoms with van der Waals surface area (Å²) in [5.41, 5.74) is 1.18. The number of nitrogens with one attached hydrogen (secondary N) is 1. The number of hydrogen-bond acceptors (Lipinski definition) is 4. The minimum Gasteiger partial charge on any atom is -0.294 e. The van der Waals surface area contributed by atoms with Crippen molar-refractivity contribution in [2.24, 2.45) is 5.84 Å². The standard InChI is InChI=1S/C12H10F3N3OS/c13-12(14,15)10-5-9(20-6-11(19)18-16)7-3-1-2-4-8(7)17-10/h1-5H,6,16H2,(H,18,19). The van der Waals surface area contributed by atoms with Crippen molar-refractivity contribution in [3.8, 4) is 0 Å². The van der Waals surface area contributed by atoms with Crippen LogP contribution in [0.5, 0.6) is 0 Å². The second kappa shape index (κ2) is 5.68. The number of thioether (sulfide) groups is 1. The molecule has 1 amide bonds. The van der Waals surface area contributed by atoms with Crippen LogP contribution in [0.2, 0.25) is 0 Å². The number of para-hydroxylation sites is 1. The molecule has 4 nitrogen and oxygen atoms in total. The largest absolute Gasteiger partial charge is 0.433 e. The molecule has 1 aromatic heterocycles. The van der Waals surface area contributed by atoms with Crippen LogP contribution in [-0.2, 0) is 11.0 Å². The van der Waals surface area contributed by atoms with Gasteiger partial charge in [0.15, 0.2) is 0 Å². The van der Waals surface area contributed by atoms with Gasteiger partial charge in [0, 0.05) is 10.3 Å². The van der Waals surface area contributed by atoms with Crippen molar-refractivity contribution in [3.63, 3.8) is 0 Å². The van der Waals surface area contributed by atoms with E-state index in [2.05, 4.69) is 4.98 Å². The number of rotatable bonds is 3. The third kappa shape index (κ3) is 3.20. The van der Waals surface area contributed by atoms with Gasteiger partial charge >= 0.3 is 6.18 Å².